The summed E-state index contributed by atoms with van der Waals surface area (Å²) in [5.74, 6) is 0. The molecular formula is C32H32N2. The molecule has 1 aromatic heterocycles. The van der Waals surface area contributed by atoms with Gasteiger partial charge in [-0.1, -0.05) is 98.0 Å². The summed E-state index contributed by atoms with van der Waals surface area (Å²) in [6, 6.07) is 21.6. The molecule has 0 aliphatic carbocycles. The van der Waals surface area contributed by atoms with Gasteiger partial charge in [-0.3, -0.25) is 4.98 Å². The quantitative estimate of drug-likeness (QED) is 0.230. The molecular weight excluding hydrogens is 412 g/mol. The van der Waals surface area contributed by atoms with Gasteiger partial charge in [-0.15, -0.1) is 0 Å². The minimum Gasteiger partial charge on any atom is -0.325 e. The molecule has 0 bridgehead atoms. The Bertz CT molecular complexity index is 1340. The van der Waals surface area contributed by atoms with Crippen molar-refractivity contribution in [3.63, 3.8) is 0 Å². The molecule has 0 saturated heterocycles. The summed E-state index contributed by atoms with van der Waals surface area (Å²) >= 11 is 0. The van der Waals surface area contributed by atoms with Gasteiger partial charge < -0.3 is 5.73 Å². The third-order valence-electron chi connectivity index (χ3n) is 5.87. The van der Waals surface area contributed by atoms with Crippen molar-refractivity contribution in [2.45, 2.75) is 33.2 Å². The monoisotopic (exact) mass is 444 g/mol. The number of rotatable bonds is 7. The van der Waals surface area contributed by atoms with E-state index in [1.807, 2.05) is 44.3 Å². The molecule has 34 heavy (non-hydrogen) atoms. The number of nitrogens with two attached hydrogens (primary N) is 1. The van der Waals surface area contributed by atoms with Crippen LogP contribution >= 0.6 is 0 Å². The summed E-state index contributed by atoms with van der Waals surface area (Å²) in [6.07, 6.45) is 17.5. The summed E-state index contributed by atoms with van der Waals surface area (Å²) in [6.45, 7) is 6.19. The van der Waals surface area contributed by atoms with Gasteiger partial charge in [0.15, 0.2) is 0 Å². The zero-order valence-electron chi connectivity index (χ0n) is 20.2. The van der Waals surface area contributed by atoms with E-state index in [2.05, 4.69) is 85.8 Å². The van der Waals surface area contributed by atoms with Crippen LogP contribution in [0, 0.1) is 0 Å². The fourth-order valence-electron chi connectivity index (χ4n) is 4.40. The van der Waals surface area contributed by atoms with Gasteiger partial charge in [-0.25, -0.2) is 0 Å². The van der Waals surface area contributed by atoms with Crippen molar-refractivity contribution in [1.82, 2.24) is 4.98 Å². The molecule has 0 fully saturated rings. The second-order valence-electron chi connectivity index (χ2n) is 8.48. The van der Waals surface area contributed by atoms with Crippen LogP contribution in [-0.4, -0.2) is 11.0 Å². The van der Waals surface area contributed by atoms with Crippen LogP contribution in [0.5, 0.6) is 0 Å². The van der Waals surface area contributed by atoms with Crippen LogP contribution in [0.2, 0.25) is 0 Å². The van der Waals surface area contributed by atoms with Crippen molar-refractivity contribution < 1.29 is 0 Å². The molecule has 2 nitrogen and oxygen atoms in total. The fourth-order valence-corrected chi connectivity index (χ4v) is 4.40. The molecule has 1 unspecified atom stereocenters. The Kier molecular flexibility index (Phi) is 7.51. The molecule has 0 amide bonds. The lowest BCUT2D eigenvalue weighted by molar-refractivity contribution is 0.926. The molecule has 2 heteroatoms. The van der Waals surface area contributed by atoms with Crippen LogP contribution in [0.15, 0.2) is 103 Å². The van der Waals surface area contributed by atoms with E-state index >= 15 is 0 Å². The number of nitrogens with zero attached hydrogens (tertiary/aromatic N) is 1. The molecule has 0 radical (unpaired) electrons. The van der Waals surface area contributed by atoms with Gasteiger partial charge in [0.1, 0.15) is 0 Å². The molecule has 170 valence electrons. The number of hydrogen-bond acceptors (Lipinski definition) is 2. The van der Waals surface area contributed by atoms with E-state index in [0.717, 1.165) is 17.7 Å². The summed E-state index contributed by atoms with van der Waals surface area (Å²) in [7, 11) is 0. The lowest BCUT2D eigenvalue weighted by Crippen LogP contribution is -2.10. The molecule has 0 saturated carbocycles. The number of aromatic nitrogens is 1. The Morgan fingerprint density at radius 3 is 2.09 bits per heavy atom. The molecule has 3 aromatic carbocycles. The summed E-state index contributed by atoms with van der Waals surface area (Å²) in [4.78, 5) is 4.72. The van der Waals surface area contributed by atoms with Crippen molar-refractivity contribution in [3.8, 4) is 11.1 Å². The van der Waals surface area contributed by atoms with Crippen molar-refractivity contribution in [2.75, 3.05) is 0 Å². The Morgan fingerprint density at radius 2 is 1.56 bits per heavy atom. The van der Waals surface area contributed by atoms with Gasteiger partial charge >= 0.3 is 0 Å². The number of fused-ring (bicyclic) bond motifs is 2. The lowest BCUT2D eigenvalue weighted by Gasteiger charge is -2.18. The average Bonchev–Trinajstić information content (AvgIpc) is 2.86. The van der Waals surface area contributed by atoms with Gasteiger partial charge in [0.05, 0.1) is 5.69 Å². The summed E-state index contributed by atoms with van der Waals surface area (Å²) in [5.41, 5.74) is 11.8. The molecule has 1 heterocycles. The van der Waals surface area contributed by atoms with Gasteiger partial charge in [-0.05, 0) is 70.7 Å². The fraction of sp³-hybridized carbons (Fsp3) is 0.156. The normalized spacial score (nSPS) is 13.7. The smallest absolute Gasteiger partial charge is 0.0630 e. The van der Waals surface area contributed by atoms with E-state index in [1.54, 1.807) is 0 Å². The Balaban J connectivity index is 2.01. The second kappa shape index (κ2) is 10.9. The minimum atomic E-state index is 0.00325. The zero-order chi connectivity index (χ0) is 23.9. The number of pyridine rings is 1. The van der Waals surface area contributed by atoms with Crippen molar-refractivity contribution in [2.24, 2.45) is 5.73 Å². The maximum atomic E-state index is 6.06. The SMILES string of the molecule is C/C=C\C=C/c1ccc(-c2c3ccccc3c(C(/C=C\C(C)N)=C/CC)c3ccccc23)cn1. The highest BCUT2D eigenvalue weighted by Crippen LogP contribution is 2.42. The molecule has 2 N–H and O–H groups in total. The highest BCUT2D eigenvalue weighted by molar-refractivity contribution is 6.19. The maximum absolute atomic E-state index is 6.06. The summed E-state index contributed by atoms with van der Waals surface area (Å²) in [5, 5.41) is 4.93. The predicted octanol–water partition coefficient (Wildman–Crippen LogP) is 8.34. The topological polar surface area (TPSA) is 38.9 Å². The van der Waals surface area contributed by atoms with E-state index < -0.39 is 0 Å². The van der Waals surface area contributed by atoms with Gasteiger partial charge in [-0.2, -0.15) is 0 Å². The standard InChI is InChI=1S/C32H32N2/c1-4-6-7-13-26-21-20-25(22-34-26)32-29-16-10-8-14-27(29)31(28-15-9-11-17-30(28)32)24(12-5-2)19-18-23(3)33/h4,6-23H,5,33H2,1-3H3/b6-4-,13-7-,19-18-,24-12+. The first-order valence-corrected chi connectivity index (χ1v) is 12.0. The third kappa shape index (κ3) is 4.93. The second-order valence-corrected chi connectivity index (χ2v) is 8.48. The van der Waals surface area contributed by atoms with E-state index in [-0.39, 0.29) is 6.04 Å². The predicted molar refractivity (Wildman–Crippen MR) is 150 cm³/mol. The van der Waals surface area contributed by atoms with Gasteiger partial charge in [0.2, 0.25) is 0 Å². The number of benzene rings is 3. The van der Waals surface area contributed by atoms with Crippen LogP contribution in [0.25, 0.3) is 44.3 Å². The highest BCUT2D eigenvalue weighted by atomic mass is 14.7. The average molecular weight is 445 g/mol. The largest absolute Gasteiger partial charge is 0.325 e. The van der Waals surface area contributed by atoms with Crippen molar-refractivity contribution >= 4 is 33.2 Å². The van der Waals surface area contributed by atoms with Crippen LogP contribution < -0.4 is 5.73 Å². The first-order chi connectivity index (χ1) is 16.6. The van der Waals surface area contributed by atoms with Crippen molar-refractivity contribution in [1.29, 1.82) is 0 Å². The first kappa shape index (κ1) is 23.4. The van der Waals surface area contributed by atoms with Crippen molar-refractivity contribution in [3.05, 3.63) is 115 Å². The van der Waals surface area contributed by atoms with Crippen LogP contribution in [-0.2, 0) is 0 Å². The number of hydrogen-bond donors (Lipinski definition) is 1. The molecule has 0 spiro atoms. The zero-order valence-corrected chi connectivity index (χ0v) is 20.2. The van der Waals surface area contributed by atoms with E-state index in [0.29, 0.717) is 0 Å². The molecule has 1 atom stereocenters. The Hall–Kier alpha value is -3.75. The Labute approximate surface area is 202 Å². The molecule has 4 rings (SSSR count). The lowest BCUT2D eigenvalue weighted by atomic mass is 9.85. The summed E-state index contributed by atoms with van der Waals surface area (Å²) < 4.78 is 0. The van der Waals surface area contributed by atoms with Crippen LogP contribution in [0.3, 0.4) is 0 Å². The van der Waals surface area contributed by atoms with Gasteiger partial charge in [0, 0.05) is 17.8 Å². The molecule has 4 aromatic rings. The minimum absolute atomic E-state index is 0.00325. The highest BCUT2D eigenvalue weighted by Gasteiger charge is 2.16. The van der Waals surface area contributed by atoms with Crippen LogP contribution in [0.4, 0.5) is 0 Å². The Morgan fingerprint density at radius 1 is 0.912 bits per heavy atom. The van der Waals surface area contributed by atoms with Crippen LogP contribution in [0.1, 0.15) is 38.4 Å². The van der Waals surface area contributed by atoms with E-state index in [4.69, 9.17) is 10.7 Å². The molecule has 0 aliphatic heterocycles. The van der Waals surface area contributed by atoms with Gasteiger partial charge in [0.25, 0.3) is 0 Å². The molecule has 0 aliphatic rings. The van der Waals surface area contributed by atoms with E-state index in [1.165, 1.54) is 38.2 Å². The first-order valence-electron chi connectivity index (χ1n) is 12.0. The third-order valence-corrected chi connectivity index (χ3v) is 5.87. The maximum Gasteiger partial charge on any atom is 0.0630 e. The number of allylic oxidation sites excluding steroid dienone is 6. The van der Waals surface area contributed by atoms with E-state index in [9.17, 15) is 0 Å².